The first-order valence-electron chi connectivity index (χ1n) is 9.83. The summed E-state index contributed by atoms with van der Waals surface area (Å²) in [5, 5.41) is 5.56. The van der Waals surface area contributed by atoms with Crippen LogP contribution in [0.25, 0.3) is 11.0 Å². The van der Waals surface area contributed by atoms with E-state index in [2.05, 4.69) is 30.6 Å². The number of fused-ring (bicyclic) bond motifs is 1. The third-order valence-corrected chi connectivity index (χ3v) is 4.88. The number of rotatable bonds is 6. The van der Waals surface area contributed by atoms with E-state index in [0.717, 1.165) is 6.20 Å². The van der Waals surface area contributed by atoms with Gasteiger partial charge in [-0.2, -0.15) is 17.6 Å². The van der Waals surface area contributed by atoms with Gasteiger partial charge < -0.3 is 15.6 Å². The first kappa shape index (κ1) is 22.2. The van der Waals surface area contributed by atoms with Crippen LogP contribution in [0.1, 0.15) is 29.7 Å². The van der Waals surface area contributed by atoms with Gasteiger partial charge in [-0.05, 0) is 23.8 Å². The third kappa shape index (κ3) is 5.08. The summed E-state index contributed by atoms with van der Waals surface area (Å²) in [6.07, 6.45) is 1.09. The summed E-state index contributed by atoms with van der Waals surface area (Å²) in [6.45, 7) is 1.37. The molecule has 0 saturated heterocycles. The van der Waals surface area contributed by atoms with Crippen LogP contribution < -0.4 is 10.6 Å². The summed E-state index contributed by atoms with van der Waals surface area (Å²) in [6, 6.07) is 4.97. The molecular weight excluding hydrogens is 440 g/mol. The molecular formula is C22H18F4N6O. The van der Waals surface area contributed by atoms with E-state index < -0.39 is 18.2 Å². The van der Waals surface area contributed by atoms with Crippen molar-refractivity contribution in [1.82, 2.24) is 19.9 Å². The van der Waals surface area contributed by atoms with E-state index in [-0.39, 0.29) is 29.3 Å². The first-order valence-corrected chi connectivity index (χ1v) is 9.83. The fraction of sp³-hybridized carbons (Fsp3) is 0.182. The lowest BCUT2D eigenvalue weighted by molar-refractivity contribution is -0.144. The molecule has 4 heterocycles. The van der Waals surface area contributed by atoms with E-state index in [1.807, 2.05) is 0 Å². The molecule has 0 spiro atoms. The normalized spacial score (nSPS) is 12.5. The van der Waals surface area contributed by atoms with E-state index in [9.17, 15) is 22.4 Å². The van der Waals surface area contributed by atoms with Crippen LogP contribution >= 0.6 is 0 Å². The Morgan fingerprint density at radius 2 is 2.00 bits per heavy atom. The standard InChI is InChI=1S/C22H18F4N6O/c1-12(33)30-16-8-17-15(10-28-21(17)29-11-16)7-13-4-5-18(32-20(13)23)31-19(22(24,25)26)14-3-2-6-27-9-14/h2-6,8-11,19H,7H2,1H3,(H,28,29)(H,30,33)(H,31,32). The minimum atomic E-state index is -4.64. The Kier molecular flexibility index (Phi) is 5.95. The number of nitrogens with zero attached hydrogens (tertiary/aromatic N) is 3. The number of nitrogens with one attached hydrogen (secondary N) is 3. The van der Waals surface area contributed by atoms with Crippen LogP contribution in [0.3, 0.4) is 0 Å². The average Bonchev–Trinajstić information content (AvgIpc) is 3.15. The van der Waals surface area contributed by atoms with Gasteiger partial charge >= 0.3 is 6.18 Å². The molecule has 0 bridgehead atoms. The van der Waals surface area contributed by atoms with Crippen molar-refractivity contribution in [1.29, 1.82) is 0 Å². The van der Waals surface area contributed by atoms with Crippen LogP contribution in [0.15, 0.2) is 55.1 Å². The molecule has 0 aliphatic heterocycles. The maximum Gasteiger partial charge on any atom is 0.412 e. The number of halogens is 4. The largest absolute Gasteiger partial charge is 0.412 e. The second kappa shape index (κ2) is 8.85. The molecule has 4 aromatic heterocycles. The molecule has 1 unspecified atom stereocenters. The van der Waals surface area contributed by atoms with Crippen molar-refractivity contribution in [3.63, 3.8) is 0 Å². The number of hydrogen-bond acceptors (Lipinski definition) is 5. The van der Waals surface area contributed by atoms with Crippen molar-refractivity contribution in [3.8, 4) is 0 Å². The average molecular weight is 458 g/mol. The van der Waals surface area contributed by atoms with Gasteiger partial charge in [0.1, 0.15) is 11.5 Å². The molecule has 1 atom stereocenters. The second-order valence-electron chi connectivity index (χ2n) is 7.34. The summed E-state index contributed by atoms with van der Waals surface area (Å²) >= 11 is 0. The lowest BCUT2D eigenvalue weighted by Crippen LogP contribution is -2.28. The van der Waals surface area contributed by atoms with E-state index in [0.29, 0.717) is 22.3 Å². The minimum absolute atomic E-state index is 0.113. The third-order valence-electron chi connectivity index (χ3n) is 4.88. The van der Waals surface area contributed by atoms with Gasteiger partial charge in [0.25, 0.3) is 0 Å². The minimum Gasteiger partial charge on any atom is -0.355 e. The monoisotopic (exact) mass is 458 g/mol. The molecule has 4 aromatic rings. The Balaban J connectivity index is 1.57. The Labute approximate surface area is 185 Å². The summed E-state index contributed by atoms with van der Waals surface area (Å²) in [5.74, 6) is -1.40. The number of amides is 1. The molecule has 3 N–H and O–H groups in total. The number of hydrogen-bond donors (Lipinski definition) is 3. The summed E-state index contributed by atoms with van der Waals surface area (Å²) in [4.78, 5) is 25.9. The van der Waals surface area contributed by atoms with Gasteiger partial charge in [0, 0.05) is 48.4 Å². The maximum absolute atomic E-state index is 14.7. The predicted molar refractivity (Wildman–Crippen MR) is 114 cm³/mol. The molecule has 7 nitrogen and oxygen atoms in total. The number of H-pyrrole nitrogens is 1. The number of pyridine rings is 3. The van der Waals surface area contributed by atoms with Crippen LogP contribution in [0.5, 0.6) is 0 Å². The molecule has 170 valence electrons. The SMILES string of the molecule is CC(=O)Nc1cnc2[nH]cc(Cc3ccc(NC(c4cccnc4)C(F)(F)F)nc3F)c2c1. The van der Waals surface area contributed by atoms with Gasteiger partial charge in [0.05, 0.1) is 11.9 Å². The Hall–Kier alpha value is -4.02. The molecule has 33 heavy (non-hydrogen) atoms. The van der Waals surface area contributed by atoms with E-state index in [4.69, 9.17) is 0 Å². The van der Waals surface area contributed by atoms with Crippen molar-refractivity contribution in [2.75, 3.05) is 10.6 Å². The van der Waals surface area contributed by atoms with Crippen molar-refractivity contribution < 1.29 is 22.4 Å². The van der Waals surface area contributed by atoms with Gasteiger partial charge in [0.2, 0.25) is 11.9 Å². The summed E-state index contributed by atoms with van der Waals surface area (Å²) in [7, 11) is 0. The van der Waals surface area contributed by atoms with Crippen molar-refractivity contribution in [2.45, 2.75) is 25.6 Å². The summed E-state index contributed by atoms with van der Waals surface area (Å²) < 4.78 is 55.3. The molecule has 4 rings (SSSR count). The molecule has 11 heteroatoms. The fourth-order valence-corrected chi connectivity index (χ4v) is 3.40. The van der Waals surface area contributed by atoms with Gasteiger partial charge in [0.15, 0.2) is 6.04 Å². The number of carbonyl (C=O) groups is 1. The van der Waals surface area contributed by atoms with Crippen LogP contribution in [0, 0.1) is 5.95 Å². The van der Waals surface area contributed by atoms with Gasteiger partial charge in [-0.3, -0.25) is 9.78 Å². The quantitative estimate of drug-likeness (QED) is 0.286. The smallest absolute Gasteiger partial charge is 0.355 e. The molecule has 0 aliphatic carbocycles. The highest BCUT2D eigenvalue weighted by Crippen LogP contribution is 2.35. The number of alkyl halides is 3. The second-order valence-corrected chi connectivity index (χ2v) is 7.34. The maximum atomic E-state index is 14.7. The lowest BCUT2D eigenvalue weighted by atomic mass is 10.1. The van der Waals surface area contributed by atoms with Gasteiger partial charge in [-0.1, -0.05) is 12.1 Å². The zero-order valence-electron chi connectivity index (χ0n) is 17.2. The Morgan fingerprint density at radius 3 is 2.67 bits per heavy atom. The Morgan fingerprint density at radius 1 is 1.18 bits per heavy atom. The highest BCUT2D eigenvalue weighted by atomic mass is 19.4. The van der Waals surface area contributed by atoms with Crippen molar-refractivity contribution in [2.24, 2.45) is 0 Å². The van der Waals surface area contributed by atoms with Crippen LogP contribution in [-0.2, 0) is 11.2 Å². The number of aromatic nitrogens is 4. The molecule has 0 saturated carbocycles. The first-order chi connectivity index (χ1) is 15.7. The van der Waals surface area contributed by atoms with E-state index in [1.165, 1.54) is 43.6 Å². The number of carbonyl (C=O) groups excluding carboxylic acids is 1. The molecule has 0 aliphatic rings. The highest BCUT2D eigenvalue weighted by molar-refractivity contribution is 5.92. The topological polar surface area (TPSA) is 95.6 Å². The Bertz CT molecular complexity index is 1290. The summed E-state index contributed by atoms with van der Waals surface area (Å²) in [5.41, 5.74) is 1.81. The highest BCUT2D eigenvalue weighted by Gasteiger charge is 2.41. The predicted octanol–water partition coefficient (Wildman–Crippen LogP) is 4.76. The van der Waals surface area contributed by atoms with Gasteiger partial charge in [-0.25, -0.2) is 9.97 Å². The van der Waals surface area contributed by atoms with Crippen LogP contribution in [-0.4, -0.2) is 32.0 Å². The molecule has 0 fully saturated rings. The zero-order valence-corrected chi connectivity index (χ0v) is 17.2. The van der Waals surface area contributed by atoms with Crippen LogP contribution in [0.2, 0.25) is 0 Å². The molecule has 1 amide bonds. The van der Waals surface area contributed by atoms with Crippen molar-refractivity contribution >= 4 is 28.4 Å². The number of aromatic amines is 1. The zero-order chi connectivity index (χ0) is 23.6. The fourth-order valence-electron chi connectivity index (χ4n) is 3.40. The van der Waals surface area contributed by atoms with Gasteiger partial charge in [-0.15, -0.1) is 0 Å². The van der Waals surface area contributed by atoms with E-state index >= 15 is 0 Å². The number of anilines is 2. The van der Waals surface area contributed by atoms with Crippen LogP contribution in [0.4, 0.5) is 29.1 Å². The van der Waals surface area contributed by atoms with E-state index in [1.54, 1.807) is 12.3 Å². The lowest BCUT2D eigenvalue weighted by Gasteiger charge is -2.22. The molecule has 0 radical (unpaired) electrons. The molecule has 0 aromatic carbocycles. The van der Waals surface area contributed by atoms with Crippen molar-refractivity contribution in [3.05, 3.63) is 77.8 Å².